The summed E-state index contributed by atoms with van der Waals surface area (Å²) in [6.45, 7) is 2.35. The highest BCUT2D eigenvalue weighted by atomic mass is 16.5. The predicted octanol–water partition coefficient (Wildman–Crippen LogP) is 0.938. The molecule has 5 heteroatoms. The molecule has 4 N–H and O–H groups in total. The zero-order valence-electron chi connectivity index (χ0n) is 9.05. The third kappa shape index (κ3) is 2.20. The number of fused-ring (bicyclic) bond motifs is 1. The van der Waals surface area contributed by atoms with Crippen molar-refractivity contribution in [1.29, 1.82) is 0 Å². The molecule has 2 rings (SSSR count). The van der Waals surface area contributed by atoms with Gasteiger partial charge in [0.2, 0.25) is 0 Å². The highest BCUT2D eigenvalue weighted by molar-refractivity contribution is 5.85. The minimum absolute atomic E-state index is 0.0117. The van der Waals surface area contributed by atoms with Crippen molar-refractivity contribution in [3.8, 4) is 5.75 Å². The minimum Gasteiger partial charge on any atom is -0.491 e. The van der Waals surface area contributed by atoms with Crippen LogP contribution in [-0.4, -0.2) is 22.6 Å². The van der Waals surface area contributed by atoms with E-state index in [9.17, 15) is 0 Å². The van der Waals surface area contributed by atoms with Crippen molar-refractivity contribution in [1.82, 2.24) is 9.97 Å². The van der Waals surface area contributed by atoms with Crippen molar-refractivity contribution in [3.05, 3.63) is 24.5 Å². The third-order valence-corrected chi connectivity index (χ3v) is 2.11. The Labute approximate surface area is 93.4 Å². The monoisotopic (exact) mass is 218 g/mol. The first-order valence-corrected chi connectivity index (χ1v) is 5.05. The lowest BCUT2D eigenvalue weighted by Gasteiger charge is -2.10. The van der Waals surface area contributed by atoms with Gasteiger partial charge in [-0.2, -0.15) is 0 Å². The summed E-state index contributed by atoms with van der Waals surface area (Å²) in [5, 5.41) is 0.857. The highest BCUT2D eigenvalue weighted by Crippen LogP contribution is 2.24. The average molecular weight is 218 g/mol. The van der Waals surface area contributed by atoms with Gasteiger partial charge in [0.05, 0.1) is 11.7 Å². The third-order valence-electron chi connectivity index (χ3n) is 2.11. The van der Waals surface area contributed by atoms with Gasteiger partial charge in [0, 0.05) is 17.6 Å². The molecule has 0 aliphatic carbocycles. The van der Waals surface area contributed by atoms with E-state index in [0.717, 1.165) is 16.7 Å². The SMILES string of the molecule is C[C@@H](N)COc1ccnc2cnc(N)cc12. The van der Waals surface area contributed by atoms with Crippen LogP contribution in [0, 0.1) is 0 Å². The van der Waals surface area contributed by atoms with Crippen molar-refractivity contribution in [2.75, 3.05) is 12.3 Å². The Morgan fingerprint density at radius 3 is 3.00 bits per heavy atom. The van der Waals surface area contributed by atoms with Crippen LogP contribution < -0.4 is 16.2 Å². The van der Waals surface area contributed by atoms with E-state index in [0.29, 0.717) is 12.4 Å². The zero-order chi connectivity index (χ0) is 11.5. The Morgan fingerprint density at radius 2 is 2.25 bits per heavy atom. The van der Waals surface area contributed by atoms with Gasteiger partial charge in [0.25, 0.3) is 0 Å². The van der Waals surface area contributed by atoms with Gasteiger partial charge in [-0.1, -0.05) is 0 Å². The summed E-state index contributed by atoms with van der Waals surface area (Å²) in [5.41, 5.74) is 12.0. The molecular formula is C11H14N4O. The van der Waals surface area contributed by atoms with E-state index < -0.39 is 0 Å². The lowest BCUT2D eigenvalue weighted by molar-refractivity contribution is 0.299. The van der Waals surface area contributed by atoms with Crippen LogP contribution in [0.15, 0.2) is 24.5 Å². The number of anilines is 1. The topological polar surface area (TPSA) is 87.0 Å². The van der Waals surface area contributed by atoms with E-state index >= 15 is 0 Å². The van der Waals surface area contributed by atoms with E-state index in [1.807, 2.05) is 6.92 Å². The predicted molar refractivity (Wildman–Crippen MR) is 63.1 cm³/mol. The molecular weight excluding hydrogens is 204 g/mol. The normalized spacial score (nSPS) is 12.6. The number of hydrogen-bond acceptors (Lipinski definition) is 5. The van der Waals surface area contributed by atoms with Gasteiger partial charge in [0.1, 0.15) is 18.2 Å². The molecule has 0 saturated carbocycles. The number of hydrogen-bond donors (Lipinski definition) is 2. The first kappa shape index (κ1) is 10.6. The molecule has 0 unspecified atom stereocenters. The fourth-order valence-corrected chi connectivity index (χ4v) is 1.39. The molecule has 0 saturated heterocycles. The Morgan fingerprint density at radius 1 is 1.44 bits per heavy atom. The summed E-state index contributed by atoms with van der Waals surface area (Å²) < 4.78 is 5.59. The summed E-state index contributed by atoms with van der Waals surface area (Å²) in [7, 11) is 0. The quantitative estimate of drug-likeness (QED) is 0.800. The summed E-state index contributed by atoms with van der Waals surface area (Å²) >= 11 is 0. The molecule has 0 radical (unpaired) electrons. The summed E-state index contributed by atoms with van der Waals surface area (Å²) in [6, 6.07) is 3.53. The van der Waals surface area contributed by atoms with Crippen LogP contribution in [0.1, 0.15) is 6.92 Å². The summed E-state index contributed by atoms with van der Waals surface area (Å²) in [6.07, 6.45) is 3.31. The maximum atomic E-state index is 5.64. The Bertz CT molecular complexity index is 498. The number of pyridine rings is 2. The van der Waals surface area contributed by atoms with Crippen LogP contribution >= 0.6 is 0 Å². The van der Waals surface area contributed by atoms with Crippen molar-refractivity contribution < 1.29 is 4.74 Å². The number of aromatic nitrogens is 2. The first-order chi connectivity index (χ1) is 7.66. The maximum Gasteiger partial charge on any atom is 0.130 e. The fraction of sp³-hybridized carbons (Fsp3) is 0.273. The summed E-state index contributed by atoms with van der Waals surface area (Å²) in [5.74, 6) is 1.18. The van der Waals surface area contributed by atoms with Crippen LogP contribution in [0.3, 0.4) is 0 Å². The molecule has 0 bridgehead atoms. The largest absolute Gasteiger partial charge is 0.491 e. The van der Waals surface area contributed by atoms with Gasteiger partial charge in [-0.3, -0.25) is 4.98 Å². The Kier molecular flexibility index (Phi) is 2.87. The maximum absolute atomic E-state index is 5.64. The molecule has 2 heterocycles. The van der Waals surface area contributed by atoms with Crippen molar-refractivity contribution in [2.24, 2.45) is 5.73 Å². The number of nitrogens with zero attached hydrogens (tertiary/aromatic N) is 2. The zero-order valence-corrected chi connectivity index (χ0v) is 9.05. The van der Waals surface area contributed by atoms with E-state index in [1.165, 1.54) is 0 Å². The molecule has 5 nitrogen and oxygen atoms in total. The Hall–Kier alpha value is -1.88. The van der Waals surface area contributed by atoms with Gasteiger partial charge in [-0.25, -0.2) is 4.98 Å². The minimum atomic E-state index is -0.0117. The van der Waals surface area contributed by atoms with E-state index in [-0.39, 0.29) is 6.04 Å². The number of nitrogen functional groups attached to an aromatic ring is 1. The van der Waals surface area contributed by atoms with E-state index in [2.05, 4.69) is 9.97 Å². The smallest absolute Gasteiger partial charge is 0.130 e. The summed E-state index contributed by atoms with van der Waals surface area (Å²) in [4.78, 5) is 8.16. The van der Waals surface area contributed by atoms with Crippen LogP contribution in [0.4, 0.5) is 5.82 Å². The number of ether oxygens (including phenoxy) is 1. The van der Waals surface area contributed by atoms with Gasteiger partial charge in [0.15, 0.2) is 0 Å². The molecule has 0 aromatic carbocycles. The number of rotatable bonds is 3. The number of nitrogens with two attached hydrogens (primary N) is 2. The molecule has 0 aliphatic heterocycles. The van der Waals surface area contributed by atoms with Crippen molar-refractivity contribution in [2.45, 2.75) is 13.0 Å². The van der Waals surface area contributed by atoms with Gasteiger partial charge in [-0.05, 0) is 19.1 Å². The lowest BCUT2D eigenvalue weighted by atomic mass is 10.2. The standard InChI is InChI=1S/C11H14N4O/c1-7(12)6-16-10-2-3-14-9-5-15-11(13)4-8(9)10/h2-5,7H,6,12H2,1H3,(H2,13,15)/t7-/m1/s1. The second-order valence-electron chi connectivity index (χ2n) is 3.72. The highest BCUT2D eigenvalue weighted by Gasteiger charge is 2.05. The van der Waals surface area contributed by atoms with E-state index in [1.54, 1.807) is 24.5 Å². The van der Waals surface area contributed by atoms with E-state index in [4.69, 9.17) is 16.2 Å². The van der Waals surface area contributed by atoms with Crippen LogP contribution in [-0.2, 0) is 0 Å². The molecule has 84 valence electrons. The lowest BCUT2D eigenvalue weighted by Crippen LogP contribution is -2.23. The fourth-order valence-electron chi connectivity index (χ4n) is 1.39. The molecule has 2 aromatic rings. The van der Waals surface area contributed by atoms with Gasteiger partial charge in [-0.15, -0.1) is 0 Å². The van der Waals surface area contributed by atoms with Gasteiger partial charge < -0.3 is 16.2 Å². The Balaban J connectivity index is 2.40. The molecule has 0 amide bonds. The van der Waals surface area contributed by atoms with Crippen molar-refractivity contribution >= 4 is 16.7 Å². The molecule has 2 aromatic heterocycles. The molecule has 0 aliphatic rings. The van der Waals surface area contributed by atoms with Crippen LogP contribution in [0.5, 0.6) is 5.75 Å². The van der Waals surface area contributed by atoms with Crippen LogP contribution in [0.2, 0.25) is 0 Å². The van der Waals surface area contributed by atoms with Gasteiger partial charge >= 0.3 is 0 Å². The van der Waals surface area contributed by atoms with Crippen LogP contribution in [0.25, 0.3) is 10.9 Å². The molecule has 1 atom stereocenters. The average Bonchev–Trinajstić information content (AvgIpc) is 2.26. The second-order valence-corrected chi connectivity index (χ2v) is 3.72. The van der Waals surface area contributed by atoms with Crippen molar-refractivity contribution in [3.63, 3.8) is 0 Å². The molecule has 0 spiro atoms. The first-order valence-electron chi connectivity index (χ1n) is 5.05. The molecule has 16 heavy (non-hydrogen) atoms. The molecule has 0 fully saturated rings. The second kappa shape index (κ2) is 4.32.